The van der Waals surface area contributed by atoms with Crippen molar-refractivity contribution in [2.24, 2.45) is 5.92 Å². The molecule has 116 valence electrons. The van der Waals surface area contributed by atoms with Crippen molar-refractivity contribution in [2.75, 3.05) is 6.61 Å². The fourth-order valence-electron chi connectivity index (χ4n) is 3.86. The molecule has 22 heavy (non-hydrogen) atoms. The fraction of sp³-hybridized carbons (Fsp3) is 0.471. The van der Waals surface area contributed by atoms with Crippen molar-refractivity contribution in [3.63, 3.8) is 0 Å². The molecule has 3 atom stereocenters. The van der Waals surface area contributed by atoms with Gasteiger partial charge in [0.1, 0.15) is 12.2 Å². The minimum Gasteiger partial charge on any atom is -0.481 e. The molecule has 3 unspecified atom stereocenters. The van der Waals surface area contributed by atoms with Gasteiger partial charge in [-0.05, 0) is 42.4 Å². The SMILES string of the molecule is CCOC(=O)CC(=O)C1C2CCc3cc(ccc32)C1C(=O)O. The zero-order valence-corrected chi connectivity index (χ0v) is 12.4. The average Bonchev–Trinajstić information content (AvgIpc) is 2.71. The Hall–Kier alpha value is -2.17. The number of hydrogen-bond donors (Lipinski definition) is 1. The zero-order valence-electron chi connectivity index (χ0n) is 12.4. The van der Waals surface area contributed by atoms with Gasteiger partial charge in [-0.2, -0.15) is 0 Å². The number of carbonyl (C=O) groups is 3. The van der Waals surface area contributed by atoms with Gasteiger partial charge in [0.2, 0.25) is 0 Å². The first kappa shape index (κ1) is 14.8. The lowest BCUT2D eigenvalue weighted by molar-refractivity contribution is -0.149. The van der Waals surface area contributed by atoms with Crippen LogP contribution in [0.15, 0.2) is 18.2 Å². The Kier molecular flexibility index (Phi) is 3.72. The molecule has 0 amide bonds. The molecule has 1 aromatic rings. The second-order valence-corrected chi connectivity index (χ2v) is 5.89. The molecule has 0 heterocycles. The van der Waals surface area contributed by atoms with Crippen LogP contribution in [0.25, 0.3) is 0 Å². The van der Waals surface area contributed by atoms with E-state index in [1.54, 1.807) is 13.0 Å². The van der Waals surface area contributed by atoms with Crippen LogP contribution in [-0.2, 0) is 25.5 Å². The number of carbonyl (C=O) groups excluding carboxylic acids is 2. The van der Waals surface area contributed by atoms with E-state index in [9.17, 15) is 19.5 Å². The van der Waals surface area contributed by atoms with Gasteiger partial charge in [-0.15, -0.1) is 0 Å². The van der Waals surface area contributed by atoms with Crippen molar-refractivity contribution in [1.29, 1.82) is 0 Å². The Bertz CT molecular complexity index is 648. The minimum absolute atomic E-state index is 0.106. The number of aryl methyl sites for hydroxylation is 1. The maximum atomic E-state index is 12.6. The number of aliphatic carboxylic acids is 1. The summed E-state index contributed by atoms with van der Waals surface area (Å²) >= 11 is 0. The van der Waals surface area contributed by atoms with Crippen LogP contribution in [0.2, 0.25) is 0 Å². The Labute approximate surface area is 128 Å². The average molecular weight is 302 g/mol. The minimum atomic E-state index is -1.01. The number of rotatable bonds is 5. The van der Waals surface area contributed by atoms with E-state index >= 15 is 0 Å². The number of Topliss-reactive ketones (excluding diaryl/α,β-unsaturated/α-hetero) is 1. The molecule has 0 aromatic heterocycles. The molecule has 3 aliphatic rings. The van der Waals surface area contributed by atoms with Crippen LogP contribution in [0.4, 0.5) is 0 Å². The smallest absolute Gasteiger partial charge is 0.313 e. The lowest BCUT2D eigenvalue weighted by Crippen LogP contribution is -2.33. The van der Waals surface area contributed by atoms with E-state index in [0.29, 0.717) is 5.56 Å². The molecule has 0 saturated heterocycles. The Morgan fingerprint density at radius 3 is 2.77 bits per heavy atom. The van der Waals surface area contributed by atoms with Crippen LogP contribution >= 0.6 is 0 Å². The van der Waals surface area contributed by atoms with Crippen LogP contribution in [0.1, 0.15) is 48.3 Å². The fourth-order valence-corrected chi connectivity index (χ4v) is 3.86. The summed E-state index contributed by atoms with van der Waals surface area (Å²) in [5, 5.41) is 9.61. The predicted molar refractivity (Wildman–Crippen MR) is 77.6 cm³/mol. The quantitative estimate of drug-likeness (QED) is 0.665. The molecule has 4 rings (SSSR count). The Morgan fingerprint density at radius 2 is 2.09 bits per heavy atom. The number of fused-ring (bicyclic) bond motifs is 2. The van der Waals surface area contributed by atoms with Crippen molar-refractivity contribution >= 4 is 17.7 Å². The molecule has 1 aromatic carbocycles. The zero-order chi connectivity index (χ0) is 15.9. The molecule has 4 bridgehead atoms. The summed E-state index contributed by atoms with van der Waals surface area (Å²) in [5.74, 6) is -3.58. The summed E-state index contributed by atoms with van der Waals surface area (Å²) in [6, 6.07) is 5.65. The van der Waals surface area contributed by atoms with Crippen LogP contribution in [-0.4, -0.2) is 29.4 Å². The summed E-state index contributed by atoms with van der Waals surface area (Å²) in [7, 11) is 0. The second kappa shape index (κ2) is 5.55. The molecular weight excluding hydrogens is 284 g/mol. The van der Waals surface area contributed by atoms with Gasteiger partial charge in [-0.25, -0.2) is 0 Å². The third-order valence-corrected chi connectivity index (χ3v) is 4.70. The third kappa shape index (κ3) is 2.30. The highest BCUT2D eigenvalue weighted by Crippen LogP contribution is 2.49. The van der Waals surface area contributed by atoms with E-state index in [0.717, 1.165) is 24.0 Å². The first-order chi connectivity index (χ1) is 10.5. The Morgan fingerprint density at radius 1 is 1.32 bits per heavy atom. The highest BCUT2D eigenvalue weighted by Gasteiger charge is 2.46. The van der Waals surface area contributed by atoms with E-state index in [4.69, 9.17) is 4.74 Å². The number of ether oxygens (including phenoxy) is 1. The van der Waals surface area contributed by atoms with Crippen LogP contribution < -0.4 is 0 Å². The first-order valence-corrected chi connectivity index (χ1v) is 7.56. The van der Waals surface area contributed by atoms with Gasteiger partial charge in [-0.3, -0.25) is 14.4 Å². The Balaban J connectivity index is 1.95. The largest absolute Gasteiger partial charge is 0.481 e. The summed E-state index contributed by atoms with van der Waals surface area (Å²) in [6.45, 7) is 1.89. The van der Waals surface area contributed by atoms with Crippen molar-refractivity contribution in [1.82, 2.24) is 0 Å². The molecule has 0 saturated carbocycles. The molecule has 0 fully saturated rings. The topological polar surface area (TPSA) is 80.7 Å². The molecule has 5 nitrogen and oxygen atoms in total. The number of benzene rings is 1. The molecule has 0 radical (unpaired) electrons. The van der Waals surface area contributed by atoms with Crippen molar-refractivity contribution in [3.8, 4) is 0 Å². The number of carboxylic acids is 1. The van der Waals surface area contributed by atoms with E-state index in [1.807, 2.05) is 12.1 Å². The monoisotopic (exact) mass is 302 g/mol. The van der Waals surface area contributed by atoms with Gasteiger partial charge in [0.15, 0.2) is 0 Å². The van der Waals surface area contributed by atoms with E-state index in [2.05, 4.69) is 0 Å². The van der Waals surface area contributed by atoms with Gasteiger partial charge in [-0.1, -0.05) is 18.2 Å². The second-order valence-electron chi connectivity index (χ2n) is 5.89. The first-order valence-electron chi connectivity index (χ1n) is 7.56. The number of ketones is 1. The van der Waals surface area contributed by atoms with Crippen LogP contribution in [0.3, 0.4) is 0 Å². The highest BCUT2D eigenvalue weighted by atomic mass is 16.5. The standard InChI is InChI=1S/C17H18O5/c1-2-22-14(19)8-13(18)16-12-6-3-9-7-10(4-5-11(9)12)15(16)17(20)21/h4-5,7,12,15-16H,2-3,6,8H2,1H3,(H,20,21). The molecule has 0 aliphatic heterocycles. The molecular formula is C17H18O5. The summed E-state index contributed by atoms with van der Waals surface area (Å²) in [4.78, 5) is 36.0. The molecule has 1 N–H and O–H groups in total. The van der Waals surface area contributed by atoms with Crippen molar-refractivity contribution in [3.05, 3.63) is 34.9 Å². The normalized spacial score (nSPS) is 24.9. The third-order valence-electron chi connectivity index (χ3n) is 4.70. The van der Waals surface area contributed by atoms with Gasteiger partial charge < -0.3 is 9.84 Å². The van der Waals surface area contributed by atoms with Crippen LogP contribution in [0.5, 0.6) is 0 Å². The van der Waals surface area contributed by atoms with Gasteiger partial charge in [0.05, 0.1) is 12.5 Å². The maximum absolute atomic E-state index is 12.6. The van der Waals surface area contributed by atoms with Gasteiger partial charge >= 0.3 is 11.9 Å². The summed E-state index contributed by atoms with van der Waals surface area (Å²) in [6.07, 6.45) is 1.28. The van der Waals surface area contributed by atoms with Gasteiger partial charge in [0, 0.05) is 5.92 Å². The highest BCUT2D eigenvalue weighted by molar-refractivity contribution is 6.00. The van der Waals surface area contributed by atoms with Gasteiger partial charge in [0.25, 0.3) is 0 Å². The molecule has 0 spiro atoms. The van der Waals surface area contributed by atoms with Crippen molar-refractivity contribution < 1.29 is 24.2 Å². The van der Waals surface area contributed by atoms with E-state index in [-0.39, 0.29) is 24.7 Å². The molecule has 5 heteroatoms. The molecule has 3 aliphatic carbocycles. The van der Waals surface area contributed by atoms with Crippen molar-refractivity contribution in [2.45, 2.75) is 38.0 Å². The van der Waals surface area contributed by atoms with Crippen LogP contribution in [0, 0.1) is 5.92 Å². The predicted octanol–water partition coefficient (Wildman–Crippen LogP) is 2.04. The number of esters is 1. The summed E-state index contributed by atoms with van der Waals surface area (Å²) in [5.41, 5.74) is 2.87. The number of carboxylic acid groups (broad SMARTS) is 1. The van der Waals surface area contributed by atoms with E-state index < -0.39 is 23.8 Å². The van der Waals surface area contributed by atoms with E-state index in [1.165, 1.54) is 0 Å². The lowest BCUT2D eigenvalue weighted by atomic mass is 9.75. The summed E-state index contributed by atoms with van der Waals surface area (Å²) < 4.78 is 4.83. The lowest BCUT2D eigenvalue weighted by Gasteiger charge is -2.26. The maximum Gasteiger partial charge on any atom is 0.313 e. The number of hydrogen-bond acceptors (Lipinski definition) is 4.